The number of benzene rings is 1. The van der Waals surface area contributed by atoms with E-state index >= 15 is 0 Å². The van der Waals surface area contributed by atoms with Crippen LogP contribution in [0.15, 0.2) is 24.3 Å². The van der Waals surface area contributed by atoms with Gasteiger partial charge in [-0.3, -0.25) is 0 Å². The molecule has 1 aliphatic heterocycles. The summed E-state index contributed by atoms with van der Waals surface area (Å²) in [6.07, 6.45) is 6.55. The first kappa shape index (κ1) is 29.6. The standard InChI is InChI=1S/C19H27NO3.3C2H6/c1-4-11-20(2)12-9-18-17-7-5-15(6-8-19(21)22-3)14-16(17)10-13-23-18;3*1-2/h5-8,14,18H,4,9-13H2,1-3H3;3*1-2H3/b8-6+;;;. The first-order valence-corrected chi connectivity index (χ1v) is 11.3. The van der Waals surface area contributed by atoms with Gasteiger partial charge in [-0.2, -0.15) is 0 Å². The smallest absolute Gasteiger partial charge is 0.330 e. The van der Waals surface area contributed by atoms with Gasteiger partial charge < -0.3 is 14.4 Å². The zero-order chi connectivity index (χ0) is 22.7. The summed E-state index contributed by atoms with van der Waals surface area (Å²) < 4.78 is 10.6. The highest BCUT2D eigenvalue weighted by atomic mass is 16.5. The van der Waals surface area contributed by atoms with E-state index in [2.05, 4.69) is 35.7 Å². The lowest BCUT2D eigenvalue weighted by molar-refractivity contribution is -0.134. The van der Waals surface area contributed by atoms with Crippen LogP contribution in [-0.4, -0.2) is 44.7 Å². The molecule has 0 fully saturated rings. The van der Waals surface area contributed by atoms with E-state index in [4.69, 9.17) is 4.74 Å². The number of methoxy groups -OCH3 is 1. The van der Waals surface area contributed by atoms with Crippen molar-refractivity contribution >= 4 is 12.0 Å². The molecule has 1 atom stereocenters. The molecule has 0 saturated heterocycles. The van der Waals surface area contributed by atoms with Crippen LogP contribution in [0.4, 0.5) is 0 Å². The van der Waals surface area contributed by atoms with Crippen molar-refractivity contribution in [1.29, 1.82) is 0 Å². The average molecular weight is 408 g/mol. The van der Waals surface area contributed by atoms with Crippen LogP contribution in [0.5, 0.6) is 0 Å². The monoisotopic (exact) mass is 407 g/mol. The Labute approximate surface area is 180 Å². The maximum Gasteiger partial charge on any atom is 0.330 e. The van der Waals surface area contributed by atoms with Crippen LogP contribution >= 0.6 is 0 Å². The summed E-state index contributed by atoms with van der Waals surface area (Å²) in [6.45, 7) is 17.1. The molecule has 0 spiro atoms. The van der Waals surface area contributed by atoms with Crippen LogP contribution in [0.25, 0.3) is 6.08 Å². The van der Waals surface area contributed by atoms with Crippen molar-refractivity contribution in [2.75, 3.05) is 33.9 Å². The van der Waals surface area contributed by atoms with Crippen LogP contribution in [-0.2, 0) is 20.7 Å². The van der Waals surface area contributed by atoms with Gasteiger partial charge in [-0.05, 0) is 55.6 Å². The molecule has 1 aromatic rings. The van der Waals surface area contributed by atoms with E-state index in [0.717, 1.165) is 38.1 Å². The third kappa shape index (κ3) is 11.8. The van der Waals surface area contributed by atoms with E-state index in [-0.39, 0.29) is 12.1 Å². The molecule has 0 aromatic heterocycles. The lowest BCUT2D eigenvalue weighted by Gasteiger charge is -2.28. The van der Waals surface area contributed by atoms with Crippen molar-refractivity contribution in [2.45, 2.75) is 73.8 Å². The Hall–Kier alpha value is -1.65. The predicted octanol–water partition coefficient (Wildman–Crippen LogP) is 6.30. The fourth-order valence-electron chi connectivity index (χ4n) is 2.96. The lowest BCUT2D eigenvalue weighted by atomic mass is 9.93. The summed E-state index contributed by atoms with van der Waals surface area (Å²) in [4.78, 5) is 13.5. The summed E-state index contributed by atoms with van der Waals surface area (Å²) in [5.74, 6) is -0.331. The minimum atomic E-state index is -0.331. The first-order valence-electron chi connectivity index (χ1n) is 11.3. The molecule has 168 valence electrons. The van der Waals surface area contributed by atoms with Gasteiger partial charge in [0.15, 0.2) is 0 Å². The van der Waals surface area contributed by atoms with Crippen LogP contribution < -0.4 is 0 Å². The number of carbonyl (C=O) groups is 1. The second-order valence-electron chi connectivity index (χ2n) is 6.02. The van der Waals surface area contributed by atoms with E-state index in [0.29, 0.717) is 0 Å². The van der Waals surface area contributed by atoms with Crippen molar-refractivity contribution in [2.24, 2.45) is 0 Å². The molecule has 29 heavy (non-hydrogen) atoms. The molecule has 1 aliphatic rings. The molecule has 4 heteroatoms. The van der Waals surface area contributed by atoms with Crippen LogP contribution in [0.1, 0.15) is 84.1 Å². The molecule has 0 bridgehead atoms. The molecule has 0 amide bonds. The minimum Gasteiger partial charge on any atom is -0.466 e. The topological polar surface area (TPSA) is 38.8 Å². The quantitative estimate of drug-likeness (QED) is 0.393. The molecule has 1 unspecified atom stereocenters. The third-order valence-corrected chi connectivity index (χ3v) is 4.20. The van der Waals surface area contributed by atoms with Crippen LogP contribution in [0.2, 0.25) is 0 Å². The number of carbonyl (C=O) groups excluding carboxylic acids is 1. The van der Waals surface area contributed by atoms with Crippen LogP contribution in [0.3, 0.4) is 0 Å². The van der Waals surface area contributed by atoms with Crippen LogP contribution in [0, 0.1) is 0 Å². The Morgan fingerprint density at radius 2 is 1.83 bits per heavy atom. The fraction of sp³-hybridized carbons (Fsp3) is 0.640. The Morgan fingerprint density at radius 3 is 2.41 bits per heavy atom. The summed E-state index contributed by atoms with van der Waals surface area (Å²) in [5, 5.41) is 0. The minimum absolute atomic E-state index is 0.177. The Kier molecular flexibility index (Phi) is 20.0. The summed E-state index contributed by atoms with van der Waals surface area (Å²) in [5.41, 5.74) is 3.64. The molecular formula is C25H45NO3. The first-order chi connectivity index (χ1) is 14.1. The number of fused-ring (bicyclic) bond motifs is 1. The molecule has 0 saturated carbocycles. The number of hydrogen-bond acceptors (Lipinski definition) is 4. The van der Waals surface area contributed by atoms with Crippen molar-refractivity contribution in [3.05, 3.63) is 41.0 Å². The van der Waals surface area contributed by atoms with E-state index in [1.165, 1.54) is 30.7 Å². The summed E-state index contributed by atoms with van der Waals surface area (Å²) >= 11 is 0. The summed E-state index contributed by atoms with van der Waals surface area (Å²) in [6, 6.07) is 6.33. The number of esters is 1. The average Bonchev–Trinajstić information content (AvgIpc) is 2.80. The van der Waals surface area contributed by atoms with E-state index in [1.54, 1.807) is 6.08 Å². The van der Waals surface area contributed by atoms with Gasteiger partial charge in [0.2, 0.25) is 0 Å². The Balaban J connectivity index is 0. The highest BCUT2D eigenvalue weighted by Crippen LogP contribution is 2.30. The molecule has 2 rings (SSSR count). The highest BCUT2D eigenvalue weighted by Gasteiger charge is 2.21. The van der Waals surface area contributed by atoms with E-state index in [9.17, 15) is 4.79 Å². The maximum absolute atomic E-state index is 11.2. The molecule has 1 heterocycles. The number of hydrogen-bond donors (Lipinski definition) is 0. The number of rotatable bonds is 7. The zero-order valence-corrected chi connectivity index (χ0v) is 20.4. The van der Waals surface area contributed by atoms with Crippen molar-refractivity contribution in [3.8, 4) is 0 Å². The Bertz CT molecular complexity index is 555. The van der Waals surface area contributed by atoms with Gasteiger partial charge in [-0.1, -0.05) is 66.7 Å². The molecule has 0 radical (unpaired) electrons. The van der Waals surface area contributed by atoms with Gasteiger partial charge in [-0.15, -0.1) is 0 Å². The highest BCUT2D eigenvalue weighted by molar-refractivity contribution is 5.86. The number of nitrogens with zero attached hydrogens (tertiary/aromatic N) is 1. The zero-order valence-electron chi connectivity index (χ0n) is 20.4. The second-order valence-corrected chi connectivity index (χ2v) is 6.02. The van der Waals surface area contributed by atoms with Gasteiger partial charge in [0.25, 0.3) is 0 Å². The Morgan fingerprint density at radius 1 is 1.17 bits per heavy atom. The van der Waals surface area contributed by atoms with Gasteiger partial charge in [0, 0.05) is 12.6 Å². The molecular weight excluding hydrogens is 362 g/mol. The van der Waals surface area contributed by atoms with Gasteiger partial charge in [0.05, 0.1) is 19.8 Å². The summed E-state index contributed by atoms with van der Waals surface area (Å²) in [7, 11) is 3.55. The lowest BCUT2D eigenvalue weighted by Crippen LogP contribution is -2.25. The van der Waals surface area contributed by atoms with Gasteiger partial charge in [-0.25, -0.2) is 4.79 Å². The maximum atomic E-state index is 11.2. The second kappa shape index (κ2) is 19.7. The van der Waals surface area contributed by atoms with Gasteiger partial charge in [0.1, 0.15) is 0 Å². The fourth-order valence-corrected chi connectivity index (χ4v) is 2.96. The SMILES string of the molecule is CC.CC.CC.CCCN(C)CCC1OCCc2cc(/C=C/C(=O)OC)ccc21. The number of ether oxygens (including phenoxy) is 2. The third-order valence-electron chi connectivity index (χ3n) is 4.20. The van der Waals surface area contributed by atoms with Crippen molar-refractivity contribution < 1.29 is 14.3 Å². The van der Waals surface area contributed by atoms with Crippen molar-refractivity contribution in [1.82, 2.24) is 4.90 Å². The molecule has 4 nitrogen and oxygen atoms in total. The molecule has 1 aromatic carbocycles. The largest absolute Gasteiger partial charge is 0.466 e. The molecule has 0 N–H and O–H groups in total. The van der Waals surface area contributed by atoms with E-state index < -0.39 is 0 Å². The van der Waals surface area contributed by atoms with E-state index in [1.807, 2.05) is 47.6 Å². The van der Waals surface area contributed by atoms with Crippen molar-refractivity contribution in [3.63, 3.8) is 0 Å². The van der Waals surface area contributed by atoms with Gasteiger partial charge >= 0.3 is 5.97 Å². The molecule has 0 aliphatic carbocycles. The normalized spacial score (nSPS) is 14.5. The predicted molar refractivity (Wildman–Crippen MR) is 126 cm³/mol.